The predicted molar refractivity (Wildman–Crippen MR) is 75.6 cm³/mol. The molecule has 4 heteroatoms. The Labute approximate surface area is 110 Å². The summed E-state index contributed by atoms with van der Waals surface area (Å²) in [6.45, 7) is 4.33. The highest BCUT2D eigenvalue weighted by molar-refractivity contribution is 7.73. The quantitative estimate of drug-likeness (QED) is 0.820. The van der Waals surface area contributed by atoms with Gasteiger partial charge in [-0.2, -0.15) is 0 Å². The van der Waals surface area contributed by atoms with Crippen LogP contribution in [-0.2, 0) is 0 Å². The predicted octanol–water partition coefficient (Wildman–Crippen LogP) is 4.60. The van der Waals surface area contributed by atoms with E-state index in [1.807, 2.05) is 11.4 Å². The molecule has 0 bridgehead atoms. The molecule has 2 aromatic rings. The van der Waals surface area contributed by atoms with Crippen molar-refractivity contribution in [3.8, 4) is 17.0 Å². The molecular formula is C13H15NOS2. The molecule has 1 N–H and O–H groups in total. The third kappa shape index (κ3) is 2.58. The molecule has 0 spiro atoms. The number of hydrogen-bond donors (Lipinski definition) is 1. The Morgan fingerprint density at radius 2 is 2.12 bits per heavy atom. The zero-order chi connectivity index (χ0) is 12.4. The summed E-state index contributed by atoms with van der Waals surface area (Å²) in [5, 5.41) is 2.05. The maximum absolute atomic E-state index is 5.37. The molecule has 90 valence electrons. The number of benzene rings is 1. The van der Waals surface area contributed by atoms with E-state index in [0.717, 1.165) is 21.0 Å². The SMILES string of the molecule is COc1ccc(-c2csc(=S)[nH]2)cc1C(C)C. The summed E-state index contributed by atoms with van der Waals surface area (Å²) in [7, 11) is 1.71. The van der Waals surface area contributed by atoms with Crippen molar-refractivity contribution >= 4 is 23.6 Å². The van der Waals surface area contributed by atoms with Crippen LogP contribution in [-0.4, -0.2) is 12.1 Å². The Morgan fingerprint density at radius 1 is 1.35 bits per heavy atom. The largest absolute Gasteiger partial charge is 0.496 e. The van der Waals surface area contributed by atoms with Crippen molar-refractivity contribution in [1.29, 1.82) is 0 Å². The summed E-state index contributed by atoms with van der Waals surface area (Å²) in [5.74, 6) is 1.38. The van der Waals surface area contributed by atoms with Crippen LogP contribution in [0, 0.1) is 3.95 Å². The highest BCUT2D eigenvalue weighted by Crippen LogP contribution is 2.31. The molecule has 2 rings (SSSR count). The van der Waals surface area contributed by atoms with Gasteiger partial charge in [0.1, 0.15) is 5.75 Å². The van der Waals surface area contributed by atoms with E-state index >= 15 is 0 Å². The Morgan fingerprint density at radius 3 is 2.65 bits per heavy atom. The highest BCUT2D eigenvalue weighted by atomic mass is 32.1. The van der Waals surface area contributed by atoms with Crippen LogP contribution in [0.2, 0.25) is 0 Å². The normalized spacial score (nSPS) is 10.8. The van der Waals surface area contributed by atoms with Gasteiger partial charge in [0.25, 0.3) is 0 Å². The number of hydrogen-bond acceptors (Lipinski definition) is 3. The van der Waals surface area contributed by atoms with E-state index in [4.69, 9.17) is 17.0 Å². The molecule has 0 atom stereocenters. The van der Waals surface area contributed by atoms with Gasteiger partial charge in [0.15, 0.2) is 3.95 Å². The van der Waals surface area contributed by atoms with Gasteiger partial charge >= 0.3 is 0 Å². The highest BCUT2D eigenvalue weighted by Gasteiger charge is 2.09. The first-order valence-corrected chi connectivity index (χ1v) is 6.76. The third-order valence-corrected chi connectivity index (χ3v) is 3.74. The standard InChI is InChI=1S/C13H15NOS2/c1-8(2)10-6-9(4-5-12(10)15-3)11-7-17-13(16)14-11/h4-8H,1-3H3,(H,14,16). The number of nitrogens with one attached hydrogen (secondary N) is 1. The molecule has 0 aliphatic heterocycles. The van der Waals surface area contributed by atoms with Crippen molar-refractivity contribution < 1.29 is 4.74 Å². The summed E-state index contributed by atoms with van der Waals surface area (Å²) in [4.78, 5) is 3.19. The fourth-order valence-electron chi connectivity index (χ4n) is 1.77. The van der Waals surface area contributed by atoms with Gasteiger partial charge in [0, 0.05) is 5.38 Å². The average Bonchev–Trinajstić information content (AvgIpc) is 2.75. The summed E-state index contributed by atoms with van der Waals surface area (Å²) in [5.41, 5.74) is 3.45. The van der Waals surface area contributed by atoms with Gasteiger partial charge in [-0.3, -0.25) is 0 Å². The zero-order valence-corrected chi connectivity index (χ0v) is 11.7. The maximum atomic E-state index is 5.37. The van der Waals surface area contributed by atoms with Gasteiger partial charge in [0.05, 0.1) is 12.8 Å². The minimum absolute atomic E-state index is 0.437. The minimum atomic E-state index is 0.437. The summed E-state index contributed by atoms with van der Waals surface area (Å²) in [6.07, 6.45) is 0. The molecular weight excluding hydrogens is 250 g/mol. The second-order valence-corrected chi connectivity index (χ2v) is 5.72. The Kier molecular flexibility index (Phi) is 3.64. The summed E-state index contributed by atoms with van der Waals surface area (Å²) >= 11 is 6.66. The van der Waals surface area contributed by atoms with E-state index in [0.29, 0.717) is 5.92 Å². The van der Waals surface area contributed by atoms with Gasteiger partial charge in [0.2, 0.25) is 0 Å². The van der Waals surface area contributed by atoms with Crippen LogP contribution in [0.4, 0.5) is 0 Å². The molecule has 1 aromatic heterocycles. The monoisotopic (exact) mass is 265 g/mol. The van der Waals surface area contributed by atoms with Crippen molar-refractivity contribution in [3.63, 3.8) is 0 Å². The lowest BCUT2D eigenvalue weighted by molar-refractivity contribution is 0.407. The van der Waals surface area contributed by atoms with Crippen LogP contribution >= 0.6 is 23.6 Å². The Balaban J connectivity index is 2.50. The summed E-state index contributed by atoms with van der Waals surface area (Å²) < 4.78 is 6.18. The fourth-order valence-corrected chi connectivity index (χ4v) is 2.62. The van der Waals surface area contributed by atoms with Crippen molar-refractivity contribution in [2.24, 2.45) is 0 Å². The lowest BCUT2D eigenvalue weighted by Gasteiger charge is -2.12. The maximum Gasteiger partial charge on any atom is 0.158 e. The molecule has 17 heavy (non-hydrogen) atoms. The van der Waals surface area contributed by atoms with Gasteiger partial charge < -0.3 is 9.72 Å². The van der Waals surface area contributed by atoms with E-state index in [1.165, 1.54) is 5.56 Å². The second kappa shape index (κ2) is 5.02. The number of ether oxygens (including phenoxy) is 1. The first-order chi connectivity index (χ1) is 8.11. The van der Waals surface area contributed by atoms with Crippen LogP contribution in [0.15, 0.2) is 23.6 Å². The van der Waals surface area contributed by atoms with Crippen LogP contribution in [0.3, 0.4) is 0 Å². The molecule has 0 fully saturated rings. The van der Waals surface area contributed by atoms with E-state index in [1.54, 1.807) is 18.4 Å². The van der Waals surface area contributed by atoms with Crippen molar-refractivity contribution in [3.05, 3.63) is 33.1 Å². The molecule has 1 heterocycles. The lowest BCUT2D eigenvalue weighted by Crippen LogP contribution is -1.94. The Hall–Kier alpha value is -1.13. The second-order valence-electron chi connectivity index (χ2n) is 4.17. The van der Waals surface area contributed by atoms with Gasteiger partial charge in [-0.1, -0.05) is 13.8 Å². The molecule has 1 aromatic carbocycles. The van der Waals surface area contributed by atoms with Crippen LogP contribution in [0.1, 0.15) is 25.3 Å². The van der Waals surface area contributed by atoms with Gasteiger partial charge in [-0.25, -0.2) is 0 Å². The van der Waals surface area contributed by atoms with E-state index in [9.17, 15) is 0 Å². The van der Waals surface area contributed by atoms with Crippen LogP contribution in [0.25, 0.3) is 11.3 Å². The van der Waals surface area contributed by atoms with E-state index in [2.05, 4.69) is 31.0 Å². The van der Waals surface area contributed by atoms with Gasteiger partial charge in [-0.15, -0.1) is 11.3 Å². The van der Waals surface area contributed by atoms with Crippen LogP contribution in [0.5, 0.6) is 5.75 Å². The number of H-pyrrole nitrogens is 1. The molecule has 0 saturated carbocycles. The third-order valence-electron chi connectivity index (χ3n) is 2.68. The number of methoxy groups -OCH3 is 1. The van der Waals surface area contributed by atoms with Crippen LogP contribution < -0.4 is 4.74 Å². The average molecular weight is 265 g/mol. The molecule has 0 aliphatic rings. The topological polar surface area (TPSA) is 25.0 Å². The molecule has 0 saturated heterocycles. The lowest BCUT2D eigenvalue weighted by atomic mass is 9.99. The smallest absolute Gasteiger partial charge is 0.158 e. The molecule has 0 amide bonds. The molecule has 2 nitrogen and oxygen atoms in total. The molecule has 0 unspecified atom stereocenters. The number of thiazole rings is 1. The molecule has 0 radical (unpaired) electrons. The number of rotatable bonds is 3. The van der Waals surface area contributed by atoms with Crippen molar-refractivity contribution in [2.75, 3.05) is 7.11 Å². The Bertz CT molecular complexity index is 569. The molecule has 0 aliphatic carbocycles. The first-order valence-electron chi connectivity index (χ1n) is 5.48. The summed E-state index contributed by atoms with van der Waals surface area (Å²) in [6, 6.07) is 6.23. The number of aromatic amines is 1. The van der Waals surface area contributed by atoms with Crippen molar-refractivity contribution in [2.45, 2.75) is 19.8 Å². The van der Waals surface area contributed by atoms with E-state index < -0.39 is 0 Å². The zero-order valence-electron chi connectivity index (χ0n) is 10.1. The minimum Gasteiger partial charge on any atom is -0.496 e. The van der Waals surface area contributed by atoms with E-state index in [-0.39, 0.29) is 0 Å². The number of aromatic nitrogens is 1. The fraction of sp³-hybridized carbons (Fsp3) is 0.308. The van der Waals surface area contributed by atoms with Crippen molar-refractivity contribution in [1.82, 2.24) is 4.98 Å². The first kappa shape index (κ1) is 12.3. The van der Waals surface area contributed by atoms with Gasteiger partial charge in [-0.05, 0) is 47.5 Å².